The molecular weight excluding hydrogens is 326 g/mol. The minimum absolute atomic E-state index is 0.106. The highest BCUT2D eigenvalue weighted by molar-refractivity contribution is 5.98. The van der Waals surface area contributed by atoms with E-state index in [0.29, 0.717) is 0 Å². The highest BCUT2D eigenvalue weighted by Crippen LogP contribution is 2.28. The van der Waals surface area contributed by atoms with Crippen LogP contribution in [0.1, 0.15) is 18.9 Å². The summed E-state index contributed by atoms with van der Waals surface area (Å²) in [5.74, 6) is 1.13. The van der Waals surface area contributed by atoms with E-state index < -0.39 is 0 Å². The van der Waals surface area contributed by atoms with Crippen LogP contribution in [-0.2, 0) is 11.2 Å². The maximum atomic E-state index is 13.2. The van der Waals surface area contributed by atoms with Crippen molar-refractivity contribution >= 4 is 17.4 Å². The molecule has 0 radical (unpaired) electrons. The number of benzene rings is 1. The van der Waals surface area contributed by atoms with Crippen LogP contribution in [0.15, 0.2) is 42.9 Å². The van der Waals surface area contributed by atoms with Gasteiger partial charge in [0.15, 0.2) is 0 Å². The lowest BCUT2D eigenvalue weighted by molar-refractivity contribution is -0.123. The standard InChI is InChI=1S/C20H25N5O/c1-16(20(26)25-10-4-6-17-5-2-3-7-18(17)25)23-11-13-24(14-12-23)19-15-21-8-9-22-19/h2-3,5,7-9,15-16H,4,6,10-14H2,1H3. The van der Waals surface area contributed by atoms with E-state index in [9.17, 15) is 4.79 Å². The van der Waals surface area contributed by atoms with Gasteiger partial charge in [-0.1, -0.05) is 18.2 Å². The molecule has 2 aliphatic heterocycles. The Labute approximate surface area is 154 Å². The van der Waals surface area contributed by atoms with Gasteiger partial charge < -0.3 is 9.80 Å². The Bertz CT molecular complexity index is 758. The first kappa shape index (κ1) is 17.0. The van der Waals surface area contributed by atoms with E-state index in [-0.39, 0.29) is 11.9 Å². The summed E-state index contributed by atoms with van der Waals surface area (Å²) in [6.45, 7) is 6.31. The van der Waals surface area contributed by atoms with Crippen LogP contribution in [0, 0.1) is 0 Å². The molecule has 1 fully saturated rings. The van der Waals surface area contributed by atoms with Gasteiger partial charge in [0.05, 0.1) is 12.2 Å². The van der Waals surface area contributed by atoms with Crippen molar-refractivity contribution in [3.63, 3.8) is 0 Å². The maximum absolute atomic E-state index is 13.2. The molecule has 26 heavy (non-hydrogen) atoms. The number of anilines is 2. The first-order chi connectivity index (χ1) is 12.7. The van der Waals surface area contributed by atoms with Gasteiger partial charge in [0, 0.05) is 50.8 Å². The number of amides is 1. The third-order valence-electron chi connectivity index (χ3n) is 5.47. The number of fused-ring (bicyclic) bond motifs is 1. The van der Waals surface area contributed by atoms with Crippen LogP contribution in [0.4, 0.5) is 11.5 Å². The fraction of sp³-hybridized carbons (Fsp3) is 0.450. The summed E-state index contributed by atoms with van der Waals surface area (Å²) in [7, 11) is 0. The first-order valence-corrected chi connectivity index (χ1v) is 9.38. The van der Waals surface area contributed by atoms with Crippen LogP contribution in [0.25, 0.3) is 0 Å². The van der Waals surface area contributed by atoms with E-state index in [1.807, 2.05) is 17.9 Å². The van der Waals surface area contributed by atoms with Crippen LogP contribution in [0.3, 0.4) is 0 Å². The number of hydrogen-bond donors (Lipinski definition) is 0. The molecule has 0 bridgehead atoms. The number of aryl methyl sites for hydroxylation is 1. The zero-order chi connectivity index (χ0) is 17.9. The molecule has 1 unspecified atom stereocenters. The van der Waals surface area contributed by atoms with E-state index in [1.165, 1.54) is 5.56 Å². The van der Waals surface area contributed by atoms with Gasteiger partial charge in [-0.2, -0.15) is 0 Å². The number of nitrogens with zero attached hydrogens (tertiary/aromatic N) is 5. The van der Waals surface area contributed by atoms with Crippen molar-refractivity contribution in [2.75, 3.05) is 42.5 Å². The molecule has 1 aromatic carbocycles. The van der Waals surface area contributed by atoms with Crippen molar-refractivity contribution in [3.8, 4) is 0 Å². The predicted molar refractivity (Wildman–Crippen MR) is 102 cm³/mol. The van der Waals surface area contributed by atoms with E-state index >= 15 is 0 Å². The number of rotatable bonds is 3. The average molecular weight is 351 g/mol. The van der Waals surface area contributed by atoms with Gasteiger partial charge in [0.1, 0.15) is 5.82 Å². The van der Waals surface area contributed by atoms with Crippen molar-refractivity contribution in [1.82, 2.24) is 14.9 Å². The molecule has 1 aromatic heterocycles. The topological polar surface area (TPSA) is 52.6 Å². The van der Waals surface area contributed by atoms with Crippen molar-refractivity contribution in [2.24, 2.45) is 0 Å². The van der Waals surface area contributed by atoms with Crippen LogP contribution in [-0.4, -0.2) is 59.5 Å². The molecule has 0 aliphatic carbocycles. The molecule has 1 atom stereocenters. The van der Waals surface area contributed by atoms with Gasteiger partial charge in [-0.3, -0.25) is 14.7 Å². The Morgan fingerprint density at radius 2 is 1.88 bits per heavy atom. The molecule has 136 valence electrons. The van der Waals surface area contributed by atoms with E-state index in [1.54, 1.807) is 18.6 Å². The largest absolute Gasteiger partial charge is 0.353 e. The molecular formula is C20H25N5O. The smallest absolute Gasteiger partial charge is 0.244 e. The monoisotopic (exact) mass is 351 g/mol. The van der Waals surface area contributed by atoms with E-state index in [2.05, 4.69) is 38.0 Å². The van der Waals surface area contributed by atoms with Crippen molar-refractivity contribution in [1.29, 1.82) is 0 Å². The third kappa shape index (κ3) is 3.29. The molecule has 0 spiro atoms. The quantitative estimate of drug-likeness (QED) is 0.846. The summed E-state index contributed by atoms with van der Waals surface area (Å²) in [5.41, 5.74) is 2.38. The number of carbonyl (C=O) groups excluding carboxylic acids is 1. The molecule has 0 saturated carbocycles. The SMILES string of the molecule is CC(C(=O)N1CCCc2ccccc21)N1CCN(c2cnccn2)CC1. The van der Waals surface area contributed by atoms with Gasteiger partial charge >= 0.3 is 0 Å². The lowest BCUT2D eigenvalue weighted by Gasteiger charge is -2.40. The van der Waals surface area contributed by atoms with E-state index in [0.717, 1.165) is 57.1 Å². The zero-order valence-corrected chi connectivity index (χ0v) is 15.2. The number of hydrogen-bond acceptors (Lipinski definition) is 5. The second-order valence-electron chi connectivity index (χ2n) is 6.98. The Morgan fingerprint density at radius 1 is 1.08 bits per heavy atom. The lowest BCUT2D eigenvalue weighted by Crippen LogP contribution is -2.55. The average Bonchev–Trinajstić information content (AvgIpc) is 2.73. The molecule has 1 amide bonds. The predicted octanol–water partition coefficient (Wildman–Crippen LogP) is 1.97. The number of carbonyl (C=O) groups is 1. The van der Waals surface area contributed by atoms with E-state index in [4.69, 9.17) is 0 Å². The normalized spacial score (nSPS) is 19.1. The van der Waals surface area contributed by atoms with Gasteiger partial charge in [-0.15, -0.1) is 0 Å². The lowest BCUT2D eigenvalue weighted by atomic mass is 10.0. The van der Waals surface area contributed by atoms with Crippen molar-refractivity contribution in [3.05, 3.63) is 48.4 Å². The summed E-state index contributed by atoms with van der Waals surface area (Å²) >= 11 is 0. The summed E-state index contributed by atoms with van der Waals surface area (Å²) in [6.07, 6.45) is 7.31. The first-order valence-electron chi connectivity index (χ1n) is 9.38. The molecule has 4 rings (SSSR count). The Morgan fingerprint density at radius 3 is 2.65 bits per heavy atom. The van der Waals surface area contributed by atoms with Gasteiger partial charge in [0.2, 0.25) is 5.91 Å². The highest BCUT2D eigenvalue weighted by Gasteiger charge is 2.31. The molecule has 6 nitrogen and oxygen atoms in total. The van der Waals surface area contributed by atoms with Gasteiger partial charge in [-0.25, -0.2) is 4.98 Å². The van der Waals surface area contributed by atoms with Gasteiger partial charge in [-0.05, 0) is 31.4 Å². The zero-order valence-electron chi connectivity index (χ0n) is 15.2. The fourth-order valence-corrected chi connectivity index (χ4v) is 3.94. The molecule has 2 aromatic rings. The highest BCUT2D eigenvalue weighted by atomic mass is 16.2. The minimum atomic E-state index is -0.106. The van der Waals surface area contributed by atoms with Gasteiger partial charge in [0.25, 0.3) is 0 Å². The number of para-hydroxylation sites is 1. The van der Waals surface area contributed by atoms with Crippen LogP contribution >= 0.6 is 0 Å². The number of aromatic nitrogens is 2. The minimum Gasteiger partial charge on any atom is -0.353 e. The Kier molecular flexibility index (Phi) is 4.84. The van der Waals surface area contributed by atoms with Crippen molar-refractivity contribution in [2.45, 2.75) is 25.8 Å². The maximum Gasteiger partial charge on any atom is 0.244 e. The second kappa shape index (κ2) is 7.41. The molecule has 6 heteroatoms. The summed E-state index contributed by atoms with van der Waals surface area (Å²) in [6, 6.07) is 8.19. The van der Waals surface area contributed by atoms with Crippen LogP contribution in [0.2, 0.25) is 0 Å². The van der Waals surface area contributed by atoms with Crippen LogP contribution in [0.5, 0.6) is 0 Å². The molecule has 1 saturated heterocycles. The summed E-state index contributed by atoms with van der Waals surface area (Å²) < 4.78 is 0. The van der Waals surface area contributed by atoms with Crippen molar-refractivity contribution < 1.29 is 4.79 Å². The summed E-state index contributed by atoms with van der Waals surface area (Å²) in [4.78, 5) is 28.2. The van der Waals surface area contributed by atoms with Crippen LogP contribution < -0.4 is 9.80 Å². The summed E-state index contributed by atoms with van der Waals surface area (Å²) in [5, 5.41) is 0. The Hall–Kier alpha value is -2.47. The third-order valence-corrected chi connectivity index (χ3v) is 5.47. The molecule has 2 aliphatic rings. The molecule has 3 heterocycles. The molecule has 0 N–H and O–H groups in total. The fourth-order valence-electron chi connectivity index (χ4n) is 3.94. The number of piperazine rings is 1. The Balaban J connectivity index is 1.41. The second-order valence-corrected chi connectivity index (χ2v) is 6.98.